The summed E-state index contributed by atoms with van der Waals surface area (Å²) in [6.45, 7) is 0. The second-order valence-corrected chi connectivity index (χ2v) is 3.01. The van der Waals surface area contributed by atoms with Crippen molar-refractivity contribution in [2.75, 3.05) is 0 Å². The molecule has 0 fully saturated rings. The average Bonchev–Trinajstić information content (AvgIpc) is 1.36. The van der Waals surface area contributed by atoms with Crippen molar-refractivity contribution in [1.29, 1.82) is 0 Å². The van der Waals surface area contributed by atoms with Crippen molar-refractivity contribution in [2.24, 2.45) is 0 Å². The predicted molar refractivity (Wildman–Crippen MR) is 34.0 cm³/mol. The van der Waals surface area contributed by atoms with Crippen LogP contribution in [0.5, 0.6) is 0 Å². The summed E-state index contributed by atoms with van der Waals surface area (Å²) < 4.78 is 33.6. The molecule has 0 saturated carbocycles. The second kappa shape index (κ2) is 8.44. The third-order valence-electron chi connectivity index (χ3n) is 0.122. The van der Waals surface area contributed by atoms with E-state index in [4.69, 9.17) is 9.11 Å². The monoisotopic (exact) mass is 186 g/mol. The minimum absolute atomic E-state index is 0. The molecule has 4 nitrogen and oxygen atoms in total. The Morgan fingerprint density at radius 3 is 1.25 bits per heavy atom. The summed E-state index contributed by atoms with van der Waals surface area (Å²) in [6, 6.07) is 0. The standard InChI is InChI=1S/Na.H2O4S2.H4Si.H/c;1-5(2)6(3)4;;/h;(H,1,2)(H,3,4);1H4;/q+1;;;-1. The van der Waals surface area contributed by atoms with Crippen LogP contribution in [0, 0.1) is 0 Å². The normalized spacial score (nSPS) is 14.8. The third kappa shape index (κ3) is 10.4. The zero-order valence-corrected chi connectivity index (χ0v) is 7.16. The molecule has 2 unspecified atom stereocenters. The minimum atomic E-state index is -2.59. The van der Waals surface area contributed by atoms with Gasteiger partial charge >= 0.3 is 29.6 Å². The molecule has 0 radical (unpaired) electrons. The fourth-order valence-corrected chi connectivity index (χ4v) is 0. The van der Waals surface area contributed by atoms with Crippen molar-refractivity contribution in [3.63, 3.8) is 0 Å². The molecule has 2 N–H and O–H groups in total. The first-order valence-corrected chi connectivity index (χ1v) is 3.60. The van der Waals surface area contributed by atoms with Crippen LogP contribution in [0.2, 0.25) is 0 Å². The van der Waals surface area contributed by atoms with E-state index in [1.54, 1.807) is 0 Å². The summed E-state index contributed by atoms with van der Waals surface area (Å²) in [7, 11) is -5.18. The van der Waals surface area contributed by atoms with Gasteiger partial charge in [0.2, 0.25) is 0 Å². The van der Waals surface area contributed by atoms with Gasteiger partial charge in [0.25, 0.3) is 20.2 Å². The van der Waals surface area contributed by atoms with Gasteiger partial charge in [-0.2, -0.15) is 0 Å². The van der Waals surface area contributed by atoms with Gasteiger partial charge in [-0.1, -0.05) is 0 Å². The molecule has 0 rings (SSSR count). The molecule has 8 heavy (non-hydrogen) atoms. The van der Waals surface area contributed by atoms with Gasteiger partial charge < -0.3 is 1.43 Å². The van der Waals surface area contributed by atoms with Gasteiger partial charge in [-0.3, -0.25) is 9.11 Å². The van der Waals surface area contributed by atoms with Crippen molar-refractivity contribution in [2.45, 2.75) is 0 Å². The van der Waals surface area contributed by atoms with Crippen LogP contribution in [-0.4, -0.2) is 28.5 Å². The molecule has 0 aliphatic carbocycles. The Hall–Kier alpha value is 1.44. The SMILES string of the molecule is O=S(O)S(=O)O.[H-].[Na+].[SiH4]. The van der Waals surface area contributed by atoms with Crippen LogP contribution in [0.25, 0.3) is 0 Å². The van der Waals surface area contributed by atoms with Crippen LogP contribution in [0.1, 0.15) is 1.43 Å². The maximum atomic E-state index is 9.26. The van der Waals surface area contributed by atoms with Gasteiger partial charge in [-0.15, -0.1) is 0 Å². The van der Waals surface area contributed by atoms with Crippen molar-refractivity contribution in [1.82, 2.24) is 0 Å². The summed E-state index contributed by atoms with van der Waals surface area (Å²) in [5.74, 6) is 0. The van der Waals surface area contributed by atoms with Gasteiger partial charge in [0.05, 0.1) is 0 Å². The van der Waals surface area contributed by atoms with Crippen molar-refractivity contribution in [3.8, 4) is 0 Å². The Labute approximate surface area is 79.2 Å². The number of hydrogen-bond acceptors (Lipinski definition) is 2. The molecule has 8 heteroatoms. The topological polar surface area (TPSA) is 74.6 Å². The molecule has 0 aromatic heterocycles. The van der Waals surface area contributed by atoms with E-state index in [9.17, 15) is 8.42 Å². The Morgan fingerprint density at radius 2 is 1.25 bits per heavy atom. The molecular formula is H7NaO4S2Si. The van der Waals surface area contributed by atoms with Gasteiger partial charge in [-0.25, -0.2) is 8.42 Å². The van der Waals surface area contributed by atoms with E-state index < -0.39 is 20.2 Å². The van der Waals surface area contributed by atoms with Crippen molar-refractivity contribution < 1.29 is 48.5 Å². The first-order chi connectivity index (χ1) is 2.64. The second-order valence-electron chi connectivity index (χ2n) is 0.434. The molecule has 0 aromatic carbocycles. The van der Waals surface area contributed by atoms with Crippen LogP contribution >= 0.6 is 0 Å². The third-order valence-corrected chi connectivity index (χ3v) is 1.10. The molecule has 0 aromatic rings. The molecule has 0 aliphatic rings. The summed E-state index contributed by atoms with van der Waals surface area (Å²) in [6.07, 6.45) is 0. The maximum absolute atomic E-state index is 9.26. The quantitative estimate of drug-likeness (QED) is 0.244. The van der Waals surface area contributed by atoms with E-state index in [-0.39, 0.29) is 41.9 Å². The molecule has 0 heterocycles. The van der Waals surface area contributed by atoms with Gasteiger partial charge in [-0.05, 0) is 11.0 Å². The fourth-order valence-electron chi connectivity index (χ4n) is 0. The van der Waals surface area contributed by atoms with Crippen LogP contribution < -0.4 is 29.6 Å². The molecule has 48 valence electrons. The van der Waals surface area contributed by atoms with Gasteiger partial charge in [0.15, 0.2) is 0 Å². The zero-order chi connectivity index (χ0) is 5.15. The Kier molecular flexibility index (Phi) is 17.1. The van der Waals surface area contributed by atoms with Gasteiger partial charge in [0, 0.05) is 0 Å². The van der Waals surface area contributed by atoms with E-state index in [2.05, 4.69) is 0 Å². The zero-order valence-electron chi connectivity index (χ0n) is 4.53. The van der Waals surface area contributed by atoms with Crippen LogP contribution in [0.15, 0.2) is 0 Å². The Bertz CT molecular complexity index is 84.6. The number of hydrogen-bond donors (Lipinski definition) is 2. The van der Waals surface area contributed by atoms with E-state index in [1.807, 2.05) is 0 Å². The van der Waals surface area contributed by atoms with E-state index >= 15 is 0 Å². The van der Waals surface area contributed by atoms with Crippen LogP contribution in [-0.2, 0) is 20.2 Å². The molecule has 0 aliphatic heterocycles. The predicted octanol–water partition coefficient (Wildman–Crippen LogP) is -4.99. The van der Waals surface area contributed by atoms with Gasteiger partial charge in [0.1, 0.15) is 0 Å². The summed E-state index contributed by atoms with van der Waals surface area (Å²) in [5, 5.41) is 0. The summed E-state index contributed by atoms with van der Waals surface area (Å²) in [4.78, 5) is 0. The van der Waals surface area contributed by atoms with Crippen LogP contribution in [0.4, 0.5) is 0 Å². The maximum Gasteiger partial charge on any atom is 1.00 e. The largest absolute Gasteiger partial charge is 1.00 e. The first kappa shape index (κ1) is 16.2. The Balaban J connectivity index is -0.0000000417. The van der Waals surface area contributed by atoms with E-state index in [0.717, 1.165) is 0 Å². The molecule has 0 spiro atoms. The van der Waals surface area contributed by atoms with E-state index in [0.29, 0.717) is 0 Å². The molecular weight excluding hydrogens is 179 g/mol. The molecule has 2 atom stereocenters. The molecule has 0 bridgehead atoms. The molecule has 0 amide bonds. The van der Waals surface area contributed by atoms with Crippen molar-refractivity contribution in [3.05, 3.63) is 0 Å². The number of rotatable bonds is 1. The summed E-state index contributed by atoms with van der Waals surface area (Å²) in [5.41, 5.74) is 0. The average molecular weight is 186 g/mol. The van der Waals surface area contributed by atoms with E-state index in [1.165, 1.54) is 0 Å². The van der Waals surface area contributed by atoms with Crippen molar-refractivity contribution >= 4 is 31.2 Å². The fraction of sp³-hybridized carbons (Fsp3) is 0. The first-order valence-electron chi connectivity index (χ1n) is 0.865. The minimum Gasteiger partial charge on any atom is -1.00 e. The summed E-state index contributed by atoms with van der Waals surface area (Å²) >= 11 is 0. The Morgan fingerprint density at radius 1 is 1.12 bits per heavy atom. The van der Waals surface area contributed by atoms with Crippen LogP contribution in [0.3, 0.4) is 0 Å². The smallest absolute Gasteiger partial charge is 1.00 e. The molecule has 0 saturated heterocycles.